The van der Waals surface area contributed by atoms with Crippen LogP contribution in [0.1, 0.15) is 44.1 Å². The number of rotatable bonds is 5. The average Bonchev–Trinajstić information content (AvgIpc) is 2.94. The second kappa shape index (κ2) is 8.43. The number of nitrogens with one attached hydrogen (secondary N) is 1. The van der Waals surface area contributed by atoms with Gasteiger partial charge in [0.1, 0.15) is 6.54 Å². The fraction of sp³-hybridized carbons (Fsp3) is 0.591. The van der Waals surface area contributed by atoms with Crippen LogP contribution in [0.25, 0.3) is 0 Å². The number of carbonyl (C=O) groups is 3. The molecule has 2 saturated heterocycles. The highest BCUT2D eigenvalue weighted by atomic mass is 16.2. The Morgan fingerprint density at radius 3 is 2.32 bits per heavy atom. The van der Waals surface area contributed by atoms with E-state index in [1.807, 2.05) is 18.2 Å². The van der Waals surface area contributed by atoms with Gasteiger partial charge in [-0.25, -0.2) is 0 Å². The highest BCUT2D eigenvalue weighted by molar-refractivity contribution is 6.07. The lowest BCUT2D eigenvalue weighted by Crippen LogP contribution is -2.50. The number of nitrogens with zero attached hydrogens (tertiary/aromatic N) is 2. The predicted molar refractivity (Wildman–Crippen MR) is 105 cm³/mol. The number of carbonyl (C=O) groups excluding carboxylic acids is 3. The summed E-state index contributed by atoms with van der Waals surface area (Å²) in [6.07, 6.45) is 5.53. The Kier molecular flexibility index (Phi) is 5.76. The minimum atomic E-state index is -0.216. The lowest BCUT2D eigenvalue weighted by molar-refractivity contribution is -0.143. The Labute approximate surface area is 166 Å². The summed E-state index contributed by atoms with van der Waals surface area (Å²) in [6.45, 7) is 2.57. The van der Waals surface area contributed by atoms with Gasteiger partial charge in [-0.2, -0.15) is 0 Å². The fourth-order valence-corrected chi connectivity index (χ4v) is 4.96. The Bertz CT molecular complexity index is 712. The molecule has 0 bridgehead atoms. The number of fused-ring (bicyclic) bond motifs is 1. The standard InChI is InChI=1S/C22H29N3O3/c26-20(15-25-21(27)18-10-4-5-11-19(18)22(25)28)23-17-9-6-12-24(14-17)13-16-7-2-1-3-8-16/h1-3,7-8,17-19H,4-6,9-15H2,(H,23,26). The summed E-state index contributed by atoms with van der Waals surface area (Å²) in [7, 11) is 0. The van der Waals surface area contributed by atoms with Crippen molar-refractivity contribution in [2.75, 3.05) is 19.6 Å². The van der Waals surface area contributed by atoms with Crippen molar-refractivity contribution in [2.24, 2.45) is 11.8 Å². The monoisotopic (exact) mass is 383 g/mol. The third kappa shape index (κ3) is 4.12. The van der Waals surface area contributed by atoms with Crippen LogP contribution in [0.3, 0.4) is 0 Å². The molecule has 1 aromatic carbocycles. The van der Waals surface area contributed by atoms with Crippen molar-refractivity contribution < 1.29 is 14.4 Å². The van der Waals surface area contributed by atoms with Crippen molar-refractivity contribution in [3.63, 3.8) is 0 Å². The van der Waals surface area contributed by atoms with Crippen LogP contribution in [0.5, 0.6) is 0 Å². The first kappa shape index (κ1) is 19.1. The number of likely N-dealkylation sites (tertiary alicyclic amines) is 2. The molecule has 2 aliphatic heterocycles. The van der Waals surface area contributed by atoms with E-state index in [4.69, 9.17) is 0 Å². The number of amides is 3. The number of imide groups is 1. The Balaban J connectivity index is 1.30. The first-order chi connectivity index (χ1) is 13.6. The SMILES string of the molecule is O=C(CN1C(=O)C2CCCCC2C1=O)NC1CCCN(Cc2ccccc2)C1. The first-order valence-corrected chi connectivity index (χ1v) is 10.5. The zero-order chi connectivity index (χ0) is 19.5. The van der Waals surface area contributed by atoms with Gasteiger partial charge in [-0.05, 0) is 37.8 Å². The molecule has 1 saturated carbocycles. The van der Waals surface area contributed by atoms with Crippen LogP contribution in [0.2, 0.25) is 0 Å². The Morgan fingerprint density at radius 1 is 0.964 bits per heavy atom. The Hall–Kier alpha value is -2.21. The molecule has 2 heterocycles. The topological polar surface area (TPSA) is 69.7 Å². The van der Waals surface area contributed by atoms with Crippen LogP contribution in [0.15, 0.2) is 30.3 Å². The minimum absolute atomic E-state index is 0.0695. The minimum Gasteiger partial charge on any atom is -0.351 e. The van der Waals surface area contributed by atoms with Crippen LogP contribution < -0.4 is 5.32 Å². The van der Waals surface area contributed by atoms with Crippen molar-refractivity contribution in [1.29, 1.82) is 0 Å². The average molecular weight is 383 g/mol. The molecule has 28 heavy (non-hydrogen) atoms. The zero-order valence-corrected chi connectivity index (χ0v) is 16.3. The highest BCUT2D eigenvalue weighted by Crippen LogP contribution is 2.37. The van der Waals surface area contributed by atoms with Gasteiger partial charge in [-0.3, -0.25) is 24.2 Å². The Morgan fingerprint density at radius 2 is 1.64 bits per heavy atom. The van der Waals surface area contributed by atoms with Gasteiger partial charge in [0.25, 0.3) is 0 Å². The van der Waals surface area contributed by atoms with Gasteiger partial charge in [0, 0.05) is 19.1 Å². The molecule has 3 unspecified atom stereocenters. The summed E-state index contributed by atoms with van der Waals surface area (Å²) in [4.78, 5) is 41.2. The maximum absolute atomic E-state index is 12.6. The molecular formula is C22H29N3O3. The summed E-state index contributed by atoms with van der Waals surface area (Å²) in [6, 6.07) is 10.4. The lowest BCUT2D eigenvalue weighted by Gasteiger charge is -2.33. The third-order valence-corrected chi connectivity index (χ3v) is 6.35. The molecule has 0 aromatic heterocycles. The van der Waals surface area contributed by atoms with E-state index in [0.29, 0.717) is 0 Å². The molecule has 4 rings (SSSR count). The fourth-order valence-electron chi connectivity index (χ4n) is 4.96. The van der Waals surface area contributed by atoms with Gasteiger partial charge in [0.15, 0.2) is 0 Å². The number of hydrogen-bond acceptors (Lipinski definition) is 4. The van der Waals surface area contributed by atoms with E-state index in [9.17, 15) is 14.4 Å². The molecule has 0 radical (unpaired) electrons. The van der Waals surface area contributed by atoms with Crippen molar-refractivity contribution in [1.82, 2.24) is 15.1 Å². The van der Waals surface area contributed by atoms with Crippen LogP contribution in [0, 0.1) is 11.8 Å². The van der Waals surface area contributed by atoms with Crippen molar-refractivity contribution in [3.8, 4) is 0 Å². The van der Waals surface area contributed by atoms with Gasteiger partial charge in [-0.1, -0.05) is 43.2 Å². The van der Waals surface area contributed by atoms with Gasteiger partial charge < -0.3 is 5.32 Å². The number of benzene rings is 1. The molecule has 3 amide bonds. The molecule has 0 spiro atoms. The molecule has 6 nitrogen and oxygen atoms in total. The quantitative estimate of drug-likeness (QED) is 0.789. The van der Waals surface area contributed by atoms with Crippen molar-refractivity contribution in [2.45, 2.75) is 51.1 Å². The summed E-state index contributed by atoms with van der Waals surface area (Å²) < 4.78 is 0. The summed E-state index contributed by atoms with van der Waals surface area (Å²) in [5.74, 6) is -0.875. The molecule has 1 aromatic rings. The molecule has 3 atom stereocenters. The molecule has 3 aliphatic rings. The van der Waals surface area contributed by atoms with E-state index in [1.54, 1.807) is 0 Å². The molecule has 150 valence electrons. The van der Waals surface area contributed by atoms with E-state index < -0.39 is 0 Å². The molecule has 1 aliphatic carbocycles. The first-order valence-electron chi connectivity index (χ1n) is 10.5. The van der Waals surface area contributed by atoms with Gasteiger partial charge in [0.05, 0.1) is 11.8 Å². The number of piperidine rings is 1. The second-order valence-corrected chi connectivity index (χ2v) is 8.39. The van der Waals surface area contributed by atoms with Gasteiger partial charge in [0.2, 0.25) is 17.7 Å². The summed E-state index contributed by atoms with van der Waals surface area (Å²) >= 11 is 0. The number of hydrogen-bond donors (Lipinski definition) is 1. The maximum atomic E-state index is 12.6. The van der Waals surface area contributed by atoms with Crippen LogP contribution in [-0.4, -0.2) is 53.2 Å². The normalized spacial score (nSPS) is 28.3. The van der Waals surface area contributed by atoms with Crippen molar-refractivity contribution >= 4 is 17.7 Å². The lowest BCUT2D eigenvalue weighted by atomic mass is 9.81. The van der Waals surface area contributed by atoms with Gasteiger partial charge >= 0.3 is 0 Å². The van der Waals surface area contributed by atoms with Crippen LogP contribution in [0.4, 0.5) is 0 Å². The van der Waals surface area contributed by atoms with E-state index in [2.05, 4.69) is 22.3 Å². The van der Waals surface area contributed by atoms with Crippen LogP contribution >= 0.6 is 0 Å². The highest BCUT2D eigenvalue weighted by Gasteiger charge is 2.48. The second-order valence-electron chi connectivity index (χ2n) is 8.39. The van der Waals surface area contributed by atoms with E-state index >= 15 is 0 Å². The van der Waals surface area contributed by atoms with Crippen LogP contribution in [-0.2, 0) is 20.9 Å². The summed E-state index contributed by atoms with van der Waals surface area (Å²) in [5, 5.41) is 3.06. The van der Waals surface area contributed by atoms with E-state index in [-0.39, 0.29) is 42.1 Å². The molecule has 6 heteroatoms. The predicted octanol–water partition coefficient (Wildman–Crippen LogP) is 1.94. The molecule has 3 fully saturated rings. The van der Waals surface area contributed by atoms with E-state index in [0.717, 1.165) is 58.2 Å². The van der Waals surface area contributed by atoms with Gasteiger partial charge in [-0.15, -0.1) is 0 Å². The zero-order valence-electron chi connectivity index (χ0n) is 16.3. The maximum Gasteiger partial charge on any atom is 0.240 e. The summed E-state index contributed by atoms with van der Waals surface area (Å²) in [5.41, 5.74) is 1.27. The molecule has 1 N–H and O–H groups in total. The largest absolute Gasteiger partial charge is 0.351 e. The third-order valence-electron chi connectivity index (χ3n) is 6.35. The van der Waals surface area contributed by atoms with Crippen molar-refractivity contribution in [3.05, 3.63) is 35.9 Å². The molecular weight excluding hydrogens is 354 g/mol. The van der Waals surface area contributed by atoms with E-state index in [1.165, 1.54) is 10.5 Å². The smallest absolute Gasteiger partial charge is 0.240 e.